The zero-order chi connectivity index (χ0) is 21.4. The van der Waals surface area contributed by atoms with Gasteiger partial charge in [0.1, 0.15) is 24.6 Å². The Hall–Kier alpha value is -4.21. The van der Waals surface area contributed by atoms with Crippen LogP contribution < -0.4 is 4.74 Å². The van der Waals surface area contributed by atoms with Gasteiger partial charge in [0.2, 0.25) is 5.88 Å². The third-order valence-corrected chi connectivity index (χ3v) is 4.75. The molecule has 0 spiro atoms. The second-order valence-electron chi connectivity index (χ2n) is 6.74. The number of aryl methyl sites for hydroxylation is 1. The summed E-state index contributed by atoms with van der Waals surface area (Å²) in [6.45, 7) is 0.0779. The molecule has 0 unspecified atom stereocenters. The molecule has 3 aromatic heterocycles. The van der Waals surface area contributed by atoms with Gasteiger partial charge in [0, 0.05) is 12.6 Å². The summed E-state index contributed by atoms with van der Waals surface area (Å²) in [6.07, 6.45) is 1.42. The number of hydrogen-bond acceptors (Lipinski definition) is 6. The van der Waals surface area contributed by atoms with Gasteiger partial charge < -0.3 is 4.74 Å². The molecule has 2 aromatic carbocycles. The highest BCUT2D eigenvalue weighted by Crippen LogP contribution is 2.31. The fourth-order valence-electron chi connectivity index (χ4n) is 3.18. The number of rotatable bonds is 5. The standard InChI is InChI=1S/C21H15F2N7O/c1-29-19(24-12-25-29)11-31-21-16(13-5-4-6-14(22)9-13)10-18-26-27-20(30(18)28-21)15-7-2-3-8-17(15)23/h2-10,12H,11H2,1H3. The summed E-state index contributed by atoms with van der Waals surface area (Å²) in [6, 6.07) is 13.9. The van der Waals surface area contributed by atoms with E-state index in [9.17, 15) is 8.78 Å². The normalized spacial score (nSPS) is 11.2. The van der Waals surface area contributed by atoms with Crippen LogP contribution >= 0.6 is 0 Å². The van der Waals surface area contributed by atoms with Crippen LogP contribution in [0.5, 0.6) is 5.88 Å². The Bertz CT molecular complexity index is 1400. The van der Waals surface area contributed by atoms with E-state index in [0.29, 0.717) is 22.6 Å². The van der Waals surface area contributed by atoms with Crippen LogP contribution in [-0.2, 0) is 13.7 Å². The molecule has 10 heteroatoms. The fourth-order valence-corrected chi connectivity index (χ4v) is 3.18. The minimum atomic E-state index is -0.450. The van der Waals surface area contributed by atoms with Crippen molar-refractivity contribution in [1.29, 1.82) is 0 Å². The summed E-state index contributed by atoms with van der Waals surface area (Å²) < 4.78 is 37.1. The quantitative estimate of drug-likeness (QED) is 0.434. The van der Waals surface area contributed by atoms with Gasteiger partial charge in [-0.25, -0.2) is 13.8 Å². The van der Waals surface area contributed by atoms with E-state index in [1.54, 1.807) is 48.1 Å². The average Bonchev–Trinajstić information content (AvgIpc) is 3.37. The minimum absolute atomic E-state index is 0.0779. The molecule has 0 saturated carbocycles. The highest BCUT2D eigenvalue weighted by molar-refractivity contribution is 5.73. The van der Waals surface area contributed by atoms with Crippen LogP contribution in [0.2, 0.25) is 0 Å². The molecule has 0 aliphatic heterocycles. The van der Waals surface area contributed by atoms with E-state index in [4.69, 9.17) is 4.74 Å². The number of benzene rings is 2. The van der Waals surface area contributed by atoms with Gasteiger partial charge in [0.25, 0.3) is 0 Å². The van der Waals surface area contributed by atoms with Gasteiger partial charge in [-0.3, -0.25) is 4.68 Å². The minimum Gasteiger partial charge on any atom is -0.468 e. The Morgan fingerprint density at radius 3 is 2.61 bits per heavy atom. The zero-order valence-electron chi connectivity index (χ0n) is 16.3. The van der Waals surface area contributed by atoms with E-state index in [2.05, 4.69) is 25.4 Å². The molecule has 8 nitrogen and oxygen atoms in total. The number of fused-ring (bicyclic) bond motifs is 1. The van der Waals surface area contributed by atoms with Gasteiger partial charge in [-0.05, 0) is 35.9 Å². The average molecular weight is 419 g/mol. The van der Waals surface area contributed by atoms with Crippen molar-refractivity contribution in [2.75, 3.05) is 0 Å². The van der Waals surface area contributed by atoms with Crippen LogP contribution in [0.25, 0.3) is 28.2 Å². The van der Waals surface area contributed by atoms with Crippen LogP contribution in [0, 0.1) is 11.6 Å². The molecule has 0 atom stereocenters. The fraction of sp³-hybridized carbons (Fsp3) is 0.0952. The third kappa shape index (κ3) is 3.48. The smallest absolute Gasteiger partial charge is 0.240 e. The number of hydrogen-bond donors (Lipinski definition) is 0. The molecule has 0 bridgehead atoms. The molecule has 0 aliphatic carbocycles. The van der Waals surface area contributed by atoms with Crippen molar-refractivity contribution in [2.45, 2.75) is 6.61 Å². The molecule has 0 amide bonds. The topological polar surface area (TPSA) is 83.0 Å². The van der Waals surface area contributed by atoms with E-state index in [1.165, 1.54) is 29.0 Å². The lowest BCUT2D eigenvalue weighted by atomic mass is 10.1. The maximum absolute atomic E-state index is 14.3. The summed E-state index contributed by atoms with van der Waals surface area (Å²) in [7, 11) is 1.74. The van der Waals surface area contributed by atoms with Crippen molar-refractivity contribution in [1.82, 2.24) is 34.6 Å². The van der Waals surface area contributed by atoms with E-state index < -0.39 is 11.6 Å². The number of halogens is 2. The Morgan fingerprint density at radius 2 is 1.84 bits per heavy atom. The highest BCUT2D eigenvalue weighted by atomic mass is 19.1. The van der Waals surface area contributed by atoms with Crippen molar-refractivity contribution in [3.63, 3.8) is 0 Å². The maximum atomic E-state index is 14.3. The predicted octanol–water partition coefficient (Wildman–Crippen LogP) is 3.44. The molecule has 0 radical (unpaired) electrons. The Balaban J connectivity index is 1.66. The Morgan fingerprint density at radius 1 is 0.968 bits per heavy atom. The van der Waals surface area contributed by atoms with Crippen molar-refractivity contribution in [3.05, 3.63) is 78.4 Å². The number of nitrogens with zero attached hydrogens (tertiary/aromatic N) is 7. The van der Waals surface area contributed by atoms with Gasteiger partial charge in [0.15, 0.2) is 17.3 Å². The van der Waals surface area contributed by atoms with Crippen LogP contribution in [0.15, 0.2) is 60.9 Å². The van der Waals surface area contributed by atoms with Gasteiger partial charge in [0.05, 0.1) is 5.56 Å². The molecular weight excluding hydrogens is 404 g/mol. The van der Waals surface area contributed by atoms with Crippen molar-refractivity contribution >= 4 is 5.65 Å². The first-order chi connectivity index (χ1) is 15.1. The lowest BCUT2D eigenvalue weighted by Crippen LogP contribution is -2.08. The molecular formula is C21H15F2N7O. The number of ether oxygens (including phenoxy) is 1. The van der Waals surface area contributed by atoms with Crippen LogP contribution in [-0.4, -0.2) is 34.6 Å². The summed E-state index contributed by atoms with van der Waals surface area (Å²) in [5.41, 5.74) is 1.68. The molecule has 5 rings (SSSR count). The zero-order valence-corrected chi connectivity index (χ0v) is 16.3. The van der Waals surface area contributed by atoms with Gasteiger partial charge in [-0.15, -0.1) is 15.3 Å². The maximum Gasteiger partial charge on any atom is 0.240 e. The monoisotopic (exact) mass is 419 g/mol. The SMILES string of the molecule is Cn1ncnc1COc1nn2c(-c3ccccc3F)nnc2cc1-c1cccc(F)c1. The molecule has 0 saturated heterocycles. The number of aromatic nitrogens is 7. The van der Waals surface area contributed by atoms with Crippen molar-refractivity contribution < 1.29 is 13.5 Å². The van der Waals surface area contributed by atoms with Crippen LogP contribution in [0.4, 0.5) is 8.78 Å². The van der Waals surface area contributed by atoms with Crippen molar-refractivity contribution in [3.8, 4) is 28.4 Å². The van der Waals surface area contributed by atoms with Crippen LogP contribution in [0.1, 0.15) is 5.82 Å². The highest BCUT2D eigenvalue weighted by Gasteiger charge is 2.18. The molecule has 0 fully saturated rings. The molecule has 154 valence electrons. The van der Waals surface area contributed by atoms with Gasteiger partial charge >= 0.3 is 0 Å². The summed E-state index contributed by atoms with van der Waals surface area (Å²) in [5, 5.41) is 16.7. The Labute approximate surface area is 174 Å². The second kappa shape index (κ2) is 7.56. The predicted molar refractivity (Wildman–Crippen MR) is 107 cm³/mol. The van der Waals surface area contributed by atoms with E-state index >= 15 is 0 Å². The summed E-state index contributed by atoms with van der Waals surface area (Å²) >= 11 is 0. The van der Waals surface area contributed by atoms with Crippen molar-refractivity contribution in [2.24, 2.45) is 7.05 Å². The molecule has 31 heavy (non-hydrogen) atoms. The first kappa shape index (κ1) is 18.8. The first-order valence-electron chi connectivity index (χ1n) is 9.33. The largest absolute Gasteiger partial charge is 0.468 e. The molecule has 5 aromatic rings. The molecule has 0 aliphatic rings. The lowest BCUT2D eigenvalue weighted by molar-refractivity contribution is 0.275. The van der Waals surface area contributed by atoms with E-state index in [0.717, 1.165) is 0 Å². The molecule has 0 N–H and O–H groups in total. The summed E-state index contributed by atoms with van der Waals surface area (Å²) in [4.78, 5) is 4.13. The first-order valence-corrected chi connectivity index (χ1v) is 9.33. The molecule has 3 heterocycles. The third-order valence-electron chi connectivity index (χ3n) is 4.75. The van der Waals surface area contributed by atoms with E-state index in [-0.39, 0.29) is 23.9 Å². The second-order valence-corrected chi connectivity index (χ2v) is 6.74. The lowest BCUT2D eigenvalue weighted by Gasteiger charge is -2.11. The Kier molecular flexibility index (Phi) is 4.58. The summed E-state index contributed by atoms with van der Waals surface area (Å²) in [5.74, 6) is 0.144. The van der Waals surface area contributed by atoms with Gasteiger partial charge in [-0.1, -0.05) is 24.3 Å². The van der Waals surface area contributed by atoms with E-state index in [1.807, 2.05) is 0 Å². The van der Waals surface area contributed by atoms with Gasteiger partial charge in [-0.2, -0.15) is 9.61 Å². The van der Waals surface area contributed by atoms with Crippen LogP contribution in [0.3, 0.4) is 0 Å².